The molecule has 1 fully saturated rings. The first-order valence-electron chi connectivity index (χ1n) is 7.53. The van der Waals surface area contributed by atoms with Crippen LogP contribution in [0.15, 0.2) is 23.3 Å². The van der Waals surface area contributed by atoms with Crippen molar-refractivity contribution in [2.75, 3.05) is 19.7 Å². The lowest BCUT2D eigenvalue weighted by Gasteiger charge is -2.31. The lowest BCUT2D eigenvalue weighted by Crippen LogP contribution is -2.42. The van der Waals surface area contributed by atoms with Crippen LogP contribution < -0.4 is 10.5 Å². The van der Waals surface area contributed by atoms with E-state index in [2.05, 4.69) is 21.6 Å². The molecule has 0 atom stereocenters. The van der Waals surface area contributed by atoms with E-state index in [9.17, 15) is 13.2 Å². The van der Waals surface area contributed by atoms with E-state index in [4.69, 9.17) is 5.73 Å². The van der Waals surface area contributed by atoms with Crippen molar-refractivity contribution in [3.05, 3.63) is 23.9 Å². The van der Waals surface area contributed by atoms with Crippen LogP contribution in [0.1, 0.15) is 25.3 Å². The predicted molar refractivity (Wildman–Crippen MR) is 96.5 cm³/mol. The van der Waals surface area contributed by atoms with Crippen LogP contribution in [0.3, 0.4) is 0 Å². The van der Waals surface area contributed by atoms with Gasteiger partial charge >= 0.3 is 6.18 Å². The second-order valence-corrected chi connectivity index (χ2v) is 5.75. The maximum atomic E-state index is 12.0. The molecule has 1 saturated heterocycles. The number of nitrogens with zero attached hydrogens (tertiary/aromatic N) is 3. The molecule has 1 aromatic rings. The first kappa shape index (κ1) is 20.8. The summed E-state index contributed by atoms with van der Waals surface area (Å²) in [5.41, 5.74) is 6.73. The average molecular weight is 458 g/mol. The Hall–Kier alpha value is -1.26. The molecule has 1 aliphatic rings. The number of nitrogens with two attached hydrogens (primary N) is 1. The summed E-state index contributed by atoms with van der Waals surface area (Å²) in [7, 11) is 0. The van der Waals surface area contributed by atoms with Crippen LogP contribution in [0.2, 0.25) is 0 Å². The topological polar surface area (TPSA) is 63.7 Å². The van der Waals surface area contributed by atoms with Crippen molar-refractivity contribution in [1.82, 2.24) is 9.88 Å². The van der Waals surface area contributed by atoms with E-state index in [1.165, 1.54) is 12.3 Å². The van der Waals surface area contributed by atoms with Gasteiger partial charge < -0.3 is 15.4 Å². The quantitative estimate of drug-likeness (QED) is 0.428. The molecule has 0 spiro atoms. The summed E-state index contributed by atoms with van der Waals surface area (Å²) in [6, 6.07) is 3.03. The van der Waals surface area contributed by atoms with E-state index < -0.39 is 12.8 Å². The van der Waals surface area contributed by atoms with Crippen molar-refractivity contribution in [3.63, 3.8) is 0 Å². The first-order valence-corrected chi connectivity index (χ1v) is 7.53. The van der Waals surface area contributed by atoms with Crippen LogP contribution in [0.5, 0.6) is 5.88 Å². The molecule has 5 nitrogen and oxygen atoms in total. The van der Waals surface area contributed by atoms with E-state index in [0.717, 1.165) is 31.5 Å². The zero-order valence-corrected chi connectivity index (χ0v) is 15.8. The molecule has 2 N–H and O–H groups in total. The predicted octanol–water partition coefficient (Wildman–Crippen LogP) is 3.19. The Balaban J connectivity index is 0.00000288. The Kier molecular flexibility index (Phi) is 8.04. The summed E-state index contributed by atoms with van der Waals surface area (Å²) in [5.74, 6) is 1.15. The molecule has 2 rings (SSSR count). The number of ether oxygens (including phenoxy) is 1. The minimum atomic E-state index is -4.37. The fourth-order valence-corrected chi connectivity index (χ4v) is 2.26. The molecule has 1 aliphatic heterocycles. The molecule has 0 bridgehead atoms. The van der Waals surface area contributed by atoms with E-state index in [-0.39, 0.29) is 29.9 Å². The molecule has 0 radical (unpaired) electrons. The van der Waals surface area contributed by atoms with Gasteiger partial charge in [0.25, 0.3) is 0 Å². The number of aliphatic imine (C=N–C) groups is 1. The Labute approximate surface area is 156 Å². The zero-order chi connectivity index (χ0) is 16.9. The van der Waals surface area contributed by atoms with Crippen molar-refractivity contribution >= 4 is 29.9 Å². The van der Waals surface area contributed by atoms with Gasteiger partial charge in [0.15, 0.2) is 12.6 Å². The average Bonchev–Trinajstić information content (AvgIpc) is 2.51. The number of piperidine rings is 1. The Bertz CT molecular complexity index is 529. The van der Waals surface area contributed by atoms with Crippen LogP contribution in [0.25, 0.3) is 0 Å². The van der Waals surface area contributed by atoms with Gasteiger partial charge in [0, 0.05) is 25.4 Å². The van der Waals surface area contributed by atoms with Crippen molar-refractivity contribution in [2.45, 2.75) is 32.5 Å². The number of rotatable bonds is 4. The Morgan fingerprint density at radius 3 is 2.58 bits per heavy atom. The SMILES string of the molecule is CC1CCN(C(N)=NCc2ccc(OCC(F)(F)F)nc2)CC1.I. The van der Waals surface area contributed by atoms with Gasteiger partial charge in [-0.25, -0.2) is 9.98 Å². The molecule has 1 aromatic heterocycles. The fraction of sp³-hybridized carbons (Fsp3) is 0.600. The number of likely N-dealkylation sites (tertiary alicyclic amines) is 1. The first-order chi connectivity index (χ1) is 10.8. The number of pyridine rings is 1. The zero-order valence-electron chi connectivity index (χ0n) is 13.4. The lowest BCUT2D eigenvalue weighted by molar-refractivity contribution is -0.154. The van der Waals surface area contributed by atoms with Gasteiger partial charge in [-0.05, 0) is 24.3 Å². The van der Waals surface area contributed by atoms with Crippen LogP contribution in [-0.2, 0) is 6.54 Å². The maximum absolute atomic E-state index is 12.0. The summed E-state index contributed by atoms with van der Waals surface area (Å²) in [5, 5.41) is 0. The van der Waals surface area contributed by atoms with Gasteiger partial charge in [-0.2, -0.15) is 13.2 Å². The number of guanidine groups is 1. The molecule has 24 heavy (non-hydrogen) atoms. The van der Waals surface area contributed by atoms with Gasteiger partial charge in [-0.15, -0.1) is 24.0 Å². The van der Waals surface area contributed by atoms with Gasteiger partial charge in [0.2, 0.25) is 5.88 Å². The number of hydrogen-bond acceptors (Lipinski definition) is 3. The van der Waals surface area contributed by atoms with E-state index in [1.54, 1.807) is 6.07 Å². The number of hydrogen-bond donors (Lipinski definition) is 1. The van der Waals surface area contributed by atoms with Crippen molar-refractivity contribution in [1.29, 1.82) is 0 Å². The van der Waals surface area contributed by atoms with Crippen molar-refractivity contribution in [3.8, 4) is 5.88 Å². The van der Waals surface area contributed by atoms with Gasteiger partial charge in [-0.3, -0.25) is 0 Å². The highest BCUT2D eigenvalue weighted by Gasteiger charge is 2.28. The summed E-state index contributed by atoms with van der Waals surface area (Å²) in [4.78, 5) is 10.2. The smallest absolute Gasteiger partial charge is 0.422 e. The standard InChI is InChI=1S/C15H21F3N4O.HI/c1-11-4-6-22(7-5-11)14(19)21-9-12-2-3-13(20-8-12)23-10-15(16,17)18;/h2-3,8,11H,4-7,9-10H2,1H3,(H2,19,21);1H. The van der Waals surface area contributed by atoms with E-state index in [1.807, 2.05) is 4.90 Å². The maximum Gasteiger partial charge on any atom is 0.422 e. The fourth-order valence-electron chi connectivity index (χ4n) is 2.26. The number of halogens is 4. The van der Waals surface area contributed by atoms with Crippen LogP contribution in [-0.4, -0.2) is 41.7 Å². The highest BCUT2D eigenvalue weighted by molar-refractivity contribution is 14.0. The lowest BCUT2D eigenvalue weighted by atomic mass is 10.00. The van der Waals surface area contributed by atoms with Crippen molar-refractivity contribution in [2.24, 2.45) is 16.6 Å². The molecule has 9 heteroatoms. The highest BCUT2D eigenvalue weighted by atomic mass is 127. The van der Waals surface area contributed by atoms with Crippen LogP contribution in [0.4, 0.5) is 13.2 Å². The minimum Gasteiger partial charge on any atom is -0.468 e. The molecule has 0 amide bonds. The Morgan fingerprint density at radius 2 is 2.04 bits per heavy atom. The molecule has 0 aromatic carbocycles. The second-order valence-electron chi connectivity index (χ2n) is 5.75. The third kappa shape index (κ3) is 7.10. The normalized spacial score (nSPS) is 16.7. The molecule has 136 valence electrons. The van der Waals surface area contributed by atoms with Gasteiger partial charge in [-0.1, -0.05) is 13.0 Å². The number of alkyl halides is 3. The summed E-state index contributed by atoms with van der Waals surface area (Å²) >= 11 is 0. The van der Waals surface area contributed by atoms with Crippen LogP contribution >= 0.6 is 24.0 Å². The minimum absolute atomic E-state index is 0. The third-order valence-corrected chi connectivity index (χ3v) is 3.71. The molecule has 0 aliphatic carbocycles. The summed E-state index contributed by atoms with van der Waals surface area (Å²) in [6.45, 7) is 3.01. The number of aromatic nitrogens is 1. The summed E-state index contributed by atoms with van der Waals surface area (Å²) in [6.07, 6.45) is -0.724. The second kappa shape index (κ2) is 9.28. The van der Waals surface area contributed by atoms with E-state index >= 15 is 0 Å². The molecule has 0 saturated carbocycles. The highest BCUT2D eigenvalue weighted by Crippen LogP contribution is 2.18. The summed E-state index contributed by atoms with van der Waals surface area (Å²) < 4.78 is 40.7. The molecular formula is C15H22F3IN4O. The van der Waals surface area contributed by atoms with Gasteiger partial charge in [0.1, 0.15) is 0 Å². The molecule has 2 heterocycles. The Morgan fingerprint density at radius 1 is 1.38 bits per heavy atom. The third-order valence-electron chi connectivity index (χ3n) is 3.71. The van der Waals surface area contributed by atoms with E-state index in [0.29, 0.717) is 18.4 Å². The van der Waals surface area contributed by atoms with Gasteiger partial charge in [0.05, 0.1) is 6.54 Å². The monoisotopic (exact) mass is 458 g/mol. The van der Waals surface area contributed by atoms with Crippen molar-refractivity contribution < 1.29 is 17.9 Å². The molecule has 0 unspecified atom stereocenters. The largest absolute Gasteiger partial charge is 0.468 e. The molecular weight excluding hydrogens is 436 g/mol. The van der Waals surface area contributed by atoms with Crippen LogP contribution in [0, 0.1) is 5.92 Å².